The van der Waals surface area contributed by atoms with Gasteiger partial charge >= 0.3 is 0 Å². The fraction of sp³-hybridized carbons (Fsp3) is 0.727. The molecular weight excluding hydrogens is 252 g/mol. The Bertz CT molecular complexity index is 409. The average Bonchev–Trinajstić information content (AvgIpc) is 2.76. The molecule has 0 aromatic carbocycles. The van der Waals surface area contributed by atoms with E-state index in [0.29, 0.717) is 17.6 Å². The number of anilines is 1. The molecule has 1 aromatic rings. The van der Waals surface area contributed by atoms with Gasteiger partial charge in [-0.15, -0.1) is 0 Å². The molecule has 1 aromatic heterocycles. The molecule has 0 atom stereocenters. The first-order valence-corrected chi connectivity index (χ1v) is 6.75. The maximum atomic E-state index is 12.4. The molecule has 0 unspecified atom stereocenters. The van der Waals surface area contributed by atoms with Crippen LogP contribution >= 0.6 is 11.5 Å². The predicted octanol–water partition coefficient (Wildman–Crippen LogP) is 0.801. The third kappa shape index (κ3) is 2.85. The maximum Gasteiger partial charge on any atom is 0.234 e. The summed E-state index contributed by atoms with van der Waals surface area (Å²) in [6, 6.07) is 0. The summed E-state index contributed by atoms with van der Waals surface area (Å²) in [6.45, 7) is 3.93. The van der Waals surface area contributed by atoms with Crippen LogP contribution in [0.2, 0.25) is 0 Å². The molecule has 0 bridgehead atoms. The monoisotopic (exact) mass is 270 g/mol. The molecule has 0 aliphatic carbocycles. The zero-order valence-corrected chi connectivity index (χ0v) is 11.5. The molecular formula is C11H18N4O2S. The summed E-state index contributed by atoms with van der Waals surface area (Å²) < 4.78 is 9.28. The van der Waals surface area contributed by atoms with Gasteiger partial charge in [0, 0.05) is 18.6 Å². The molecule has 0 spiro atoms. The molecule has 18 heavy (non-hydrogen) atoms. The number of hydrogen-bond donors (Lipinski definition) is 2. The standard InChI is InChI=1S/C11H18N4O2S/c1-8-13-10(18-15-8)14-9(16)11(7-17-2)3-5-12-6-4-11/h12H,3-7H2,1-2H3,(H,13,14,15,16). The van der Waals surface area contributed by atoms with Gasteiger partial charge in [-0.2, -0.15) is 4.37 Å². The lowest BCUT2D eigenvalue weighted by Gasteiger charge is -2.35. The highest BCUT2D eigenvalue weighted by atomic mass is 32.1. The van der Waals surface area contributed by atoms with Crippen LogP contribution in [0.4, 0.5) is 5.13 Å². The second kappa shape index (κ2) is 5.73. The van der Waals surface area contributed by atoms with Crippen molar-refractivity contribution in [3.05, 3.63) is 5.82 Å². The van der Waals surface area contributed by atoms with Gasteiger partial charge in [-0.1, -0.05) is 0 Å². The molecule has 1 aliphatic rings. The Kier molecular flexibility index (Phi) is 4.26. The van der Waals surface area contributed by atoms with Crippen LogP contribution in [0.15, 0.2) is 0 Å². The van der Waals surface area contributed by atoms with Gasteiger partial charge in [0.05, 0.1) is 12.0 Å². The second-order valence-electron chi connectivity index (χ2n) is 4.56. The molecule has 6 nitrogen and oxygen atoms in total. The highest BCUT2D eigenvalue weighted by molar-refractivity contribution is 7.09. The summed E-state index contributed by atoms with van der Waals surface area (Å²) in [5.41, 5.74) is -0.445. The number of aryl methyl sites for hydroxylation is 1. The Morgan fingerprint density at radius 2 is 2.28 bits per heavy atom. The summed E-state index contributed by atoms with van der Waals surface area (Å²) in [5, 5.41) is 6.68. The van der Waals surface area contributed by atoms with Gasteiger partial charge in [0.1, 0.15) is 5.82 Å². The second-order valence-corrected chi connectivity index (χ2v) is 5.32. The van der Waals surface area contributed by atoms with Gasteiger partial charge < -0.3 is 15.4 Å². The van der Waals surface area contributed by atoms with Crippen LogP contribution in [-0.2, 0) is 9.53 Å². The molecule has 1 saturated heterocycles. The fourth-order valence-electron chi connectivity index (χ4n) is 2.20. The number of ether oxygens (including phenoxy) is 1. The van der Waals surface area contributed by atoms with Gasteiger partial charge in [0.2, 0.25) is 11.0 Å². The molecule has 1 amide bonds. The number of rotatable bonds is 4. The molecule has 7 heteroatoms. The van der Waals surface area contributed by atoms with Crippen molar-refractivity contribution in [3.8, 4) is 0 Å². The number of hydrogen-bond acceptors (Lipinski definition) is 6. The summed E-state index contributed by atoms with van der Waals surface area (Å²) in [5.74, 6) is 0.670. The number of aromatic nitrogens is 2. The van der Waals surface area contributed by atoms with Crippen LogP contribution in [-0.4, -0.2) is 42.1 Å². The van der Waals surface area contributed by atoms with Crippen LogP contribution in [0.3, 0.4) is 0 Å². The van der Waals surface area contributed by atoms with E-state index in [4.69, 9.17) is 4.74 Å². The summed E-state index contributed by atoms with van der Waals surface area (Å²) >= 11 is 1.21. The number of carbonyl (C=O) groups excluding carboxylic acids is 1. The maximum absolute atomic E-state index is 12.4. The molecule has 0 saturated carbocycles. The first-order chi connectivity index (χ1) is 8.66. The van der Waals surface area contributed by atoms with Crippen molar-refractivity contribution in [2.24, 2.45) is 5.41 Å². The average molecular weight is 270 g/mol. The lowest BCUT2D eigenvalue weighted by molar-refractivity contribution is -0.130. The molecule has 1 fully saturated rings. The normalized spacial score (nSPS) is 18.6. The van der Waals surface area contributed by atoms with E-state index in [2.05, 4.69) is 20.0 Å². The van der Waals surface area contributed by atoms with E-state index in [9.17, 15) is 4.79 Å². The van der Waals surface area contributed by atoms with Crippen molar-refractivity contribution in [3.63, 3.8) is 0 Å². The first-order valence-electron chi connectivity index (χ1n) is 5.98. The zero-order chi connectivity index (χ0) is 13.0. The van der Waals surface area contributed by atoms with E-state index >= 15 is 0 Å². The molecule has 0 radical (unpaired) electrons. The van der Waals surface area contributed by atoms with Gasteiger partial charge in [-0.25, -0.2) is 4.98 Å². The third-order valence-corrected chi connectivity index (χ3v) is 3.93. The third-order valence-electron chi connectivity index (χ3n) is 3.21. The van der Waals surface area contributed by atoms with Crippen LogP contribution in [0.5, 0.6) is 0 Å². The van der Waals surface area contributed by atoms with E-state index in [1.807, 2.05) is 6.92 Å². The summed E-state index contributed by atoms with van der Waals surface area (Å²) in [7, 11) is 1.63. The van der Waals surface area contributed by atoms with Gasteiger partial charge in [0.15, 0.2) is 0 Å². The molecule has 100 valence electrons. The Morgan fingerprint density at radius 3 is 2.83 bits per heavy atom. The SMILES string of the molecule is COCC1(C(=O)Nc2nc(C)ns2)CCNCC1. The molecule has 2 heterocycles. The quantitative estimate of drug-likeness (QED) is 0.846. The number of carbonyl (C=O) groups is 1. The van der Waals surface area contributed by atoms with E-state index in [-0.39, 0.29) is 5.91 Å². The minimum Gasteiger partial charge on any atom is -0.384 e. The van der Waals surface area contributed by atoms with E-state index in [0.717, 1.165) is 25.9 Å². The smallest absolute Gasteiger partial charge is 0.234 e. The largest absolute Gasteiger partial charge is 0.384 e. The number of amides is 1. The summed E-state index contributed by atoms with van der Waals surface area (Å²) in [6.07, 6.45) is 1.56. The van der Waals surface area contributed by atoms with Gasteiger partial charge in [-0.05, 0) is 32.9 Å². The number of nitrogens with one attached hydrogen (secondary N) is 2. The number of nitrogens with zero attached hydrogens (tertiary/aromatic N) is 2. The predicted molar refractivity (Wildman–Crippen MR) is 69.7 cm³/mol. The number of piperidine rings is 1. The van der Waals surface area contributed by atoms with E-state index in [1.54, 1.807) is 7.11 Å². The van der Waals surface area contributed by atoms with Crippen molar-refractivity contribution >= 4 is 22.6 Å². The summed E-state index contributed by atoms with van der Waals surface area (Å²) in [4.78, 5) is 16.6. The minimum atomic E-state index is -0.445. The van der Waals surface area contributed by atoms with Crippen LogP contribution < -0.4 is 10.6 Å². The van der Waals surface area contributed by atoms with Gasteiger partial charge in [-0.3, -0.25) is 4.79 Å². The van der Waals surface area contributed by atoms with Crippen molar-refractivity contribution in [2.75, 3.05) is 32.1 Å². The molecule has 2 N–H and O–H groups in total. The first kappa shape index (κ1) is 13.4. The lowest BCUT2D eigenvalue weighted by atomic mass is 9.79. The minimum absolute atomic E-state index is 0.0120. The van der Waals surface area contributed by atoms with Crippen LogP contribution in [0.25, 0.3) is 0 Å². The molecule has 1 aliphatic heterocycles. The number of methoxy groups -OCH3 is 1. The zero-order valence-electron chi connectivity index (χ0n) is 10.7. The Balaban J connectivity index is 2.08. The molecule has 2 rings (SSSR count). The Hall–Kier alpha value is -1.05. The van der Waals surface area contributed by atoms with Crippen LogP contribution in [0, 0.1) is 12.3 Å². The van der Waals surface area contributed by atoms with E-state index in [1.165, 1.54) is 11.5 Å². The van der Waals surface area contributed by atoms with Crippen LogP contribution in [0.1, 0.15) is 18.7 Å². The van der Waals surface area contributed by atoms with E-state index < -0.39 is 5.41 Å². The highest BCUT2D eigenvalue weighted by Crippen LogP contribution is 2.31. The van der Waals surface area contributed by atoms with Crippen molar-refractivity contribution in [1.82, 2.24) is 14.7 Å². The topological polar surface area (TPSA) is 76.1 Å². The Morgan fingerprint density at radius 1 is 1.56 bits per heavy atom. The Labute approximate surface area is 110 Å². The highest BCUT2D eigenvalue weighted by Gasteiger charge is 2.40. The van der Waals surface area contributed by atoms with Crippen molar-refractivity contribution in [2.45, 2.75) is 19.8 Å². The lowest BCUT2D eigenvalue weighted by Crippen LogP contribution is -2.47. The fourth-order valence-corrected chi connectivity index (χ4v) is 2.77. The van der Waals surface area contributed by atoms with Crippen molar-refractivity contribution in [1.29, 1.82) is 0 Å². The van der Waals surface area contributed by atoms with Crippen molar-refractivity contribution < 1.29 is 9.53 Å². The van der Waals surface area contributed by atoms with Gasteiger partial charge in [0.25, 0.3) is 0 Å².